The summed E-state index contributed by atoms with van der Waals surface area (Å²) >= 11 is 0. The molecule has 0 saturated carbocycles. The molecule has 0 fully saturated rings. The van der Waals surface area contributed by atoms with Gasteiger partial charge in [-0.1, -0.05) is 12.1 Å². The summed E-state index contributed by atoms with van der Waals surface area (Å²) in [5, 5.41) is 0. The fourth-order valence-corrected chi connectivity index (χ4v) is 3.06. The second-order valence-electron chi connectivity index (χ2n) is 6.30. The maximum atomic E-state index is 12.5. The summed E-state index contributed by atoms with van der Waals surface area (Å²) in [6.45, 7) is 1.33. The van der Waals surface area contributed by atoms with Crippen LogP contribution in [0.3, 0.4) is 0 Å². The average molecular weight is 354 g/mol. The molecule has 5 heteroatoms. The number of hydrogen-bond acceptors (Lipinski definition) is 5. The molecule has 0 radical (unpaired) electrons. The number of hydrogen-bond donors (Lipinski definition) is 0. The van der Waals surface area contributed by atoms with Crippen LogP contribution >= 0.6 is 0 Å². The molecule has 5 nitrogen and oxygen atoms in total. The van der Waals surface area contributed by atoms with Gasteiger partial charge < -0.3 is 14.2 Å². The lowest BCUT2D eigenvalue weighted by atomic mass is 10.0. The highest BCUT2D eigenvalue weighted by Gasteiger charge is 2.21. The van der Waals surface area contributed by atoms with E-state index in [2.05, 4.69) is 0 Å². The minimum atomic E-state index is -0.846. The summed E-state index contributed by atoms with van der Waals surface area (Å²) in [4.78, 5) is 24.4. The number of ether oxygens (including phenoxy) is 3. The van der Waals surface area contributed by atoms with E-state index in [4.69, 9.17) is 14.2 Å². The number of methoxy groups -OCH3 is 1. The van der Waals surface area contributed by atoms with Crippen LogP contribution in [0.25, 0.3) is 0 Å². The van der Waals surface area contributed by atoms with Crippen molar-refractivity contribution >= 4 is 11.8 Å². The van der Waals surface area contributed by atoms with Gasteiger partial charge in [0.05, 0.1) is 7.11 Å². The monoisotopic (exact) mass is 354 g/mol. The molecule has 0 bridgehead atoms. The normalized spacial score (nSPS) is 13.6. The van der Waals surface area contributed by atoms with Crippen LogP contribution in [0, 0.1) is 0 Å². The Morgan fingerprint density at radius 3 is 2.42 bits per heavy atom. The van der Waals surface area contributed by atoms with Gasteiger partial charge in [0.25, 0.3) is 0 Å². The van der Waals surface area contributed by atoms with Gasteiger partial charge in [0, 0.05) is 5.56 Å². The lowest BCUT2D eigenvalue weighted by molar-refractivity contribution is -0.148. The molecule has 0 heterocycles. The Morgan fingerprint density at radius 1 is 1.00 bits per heavy atom. The number of fused-ring (bicyclic) bond motifs is 1. The highest BCUT2D eigenvalue weighted by molar-refractivity contribution is 6.00. The summed E-state index contributed by atoms with van der Waals surface area (Å²) in [5.41, 5.74) is 3.11. The molecule has 3 rings (SSSR count). The highest BCUT2D eigenvalue weighted by atomic mass is 16.6. The number of aryl methyl sites for hydroxylation is 2. The summed E-state index contributed by atoms with van der Waals surface area (Å²) in [5.74, 6) is 0.453. The van der Waals surface area contributed by atoms with Crippen molar-refractivity contribution in [3.8, 4) is 11.5 Å². The Hall–Kier alpha value is -2.82. The number of benzene rings is 2. The standard InChI is InChI=1S/C21H22O5/c1-14(21(23)17-7-6-15-4-3-5-16(15)12-17)26-20(22)13-25-19-10-8-18(24-2)9-11-19/h6-12,14H,3-5,13H2,1-2H3/t14-/m1/s1. The zero-order chi connectivity index (χ0) is 18.5. The minimum absolute atomic E-state index is 0.197. The first-order chi connectivity index (χ1) is 12.6. The number of carbonyl (C=O) groups is 2. The van der Waals surface area contributed by atoms with E-state index in [0.717, 1.165) is 19.3 Å². The largest absolute Gasteiger partial charge is 0.497 e. The molecule has 1 aliphatic rings. The lowest BCUT2D eigenvalue weighted by Gasteiger charge is -2.13. The van der Waals surface area contributed by atoms with Gasteiger partial charge in [-0.15, -0.1) is 0 Å². The van der Waals surface area contributed by atoms with Crippen LogP contribution in [0.2, 0.25) is 0 Å². The molecule has 1 atom stereocenters. The third-order valence-electron chi connectivity index (χ3n) is 4.48. The summed E-state index contributed by atoms with van der Waals surface area (Å²) in [6, 6.07) is 12.6. The van der Waals surface area contributed by atoms with Crippen molar-refractivity contribution in [2.45, 2.75) is 32.3 Å². The molecule has 1 aliphatic carbocycles. The Bertz CT molecular complexity index is 795. The Balaban J connectivity index is 1.52. The topological polar surface area (TPSA) is 61.8 Å². The molecule has 2 aromatic rings. The number of rotatable bonds is 7. The van der Waals surface area contributed by atoms with Crippen LogP contribution in [0.1, 0.15) is 34.8 Å². The Morgan fingerprint density at radius 2 is 1.69 bits per heavy atom. The van der Waals surface area contributed by atoms with E-state index in [0.29, 0.717) is 17.1 Å². The molecular weight excluding hydrogens is 332 g/mol. The molecular formula is C21H22O5. The maximum absolute atomic E-state index is 12.5. The molecule has 0 unspecified atom stereocenters. The molecule has 0 spiro atoms. The Labute approximate surface area is 152 Å². The van der Waals surface area contributed by atoms with E-state index in [1.54, 1.807) is 38.3 Å². The number of carbonyl (C=O) groups excluding carboxylic acids is 2. The van der Waals surface area contributed by atoms with Gasteiger partial charge in [0.1, 0.15) is 11.5 Å². The molecule has 0 saturated heterocycles. The number of ketones is 1. The van der Waals surface area contributed by atoms with Crippen LogP contribution in [0.4, 0.5) is 0 Å². The molecule has 26 heavy (non-hydrogen) atoms. The van der Waals surface area contributed by atoms with Crippen LogP contribution < -0.4 is 9.47 Å². The number of Topliss-reactive ketones (excluding diaryl/α,β-unsaturated/α-hetero) is 1. The summed E-state index contributed by atoms with van der Waals surface area (Å²) in [6.07, 6.45) is 2.35. The van der Waals surface area contributed by atoms with Gasteiger partial charge in [-0.25, -0.2) is 4.79 Å². The molecule has 0 aromatic heterocycles. The third kappa shape index (κ3) is 4.23. The van der Waals surface area contributed by atoms with E-state index in [-0.39, 0.29) is 12.4 Å². The van der Waals surface area contributed by atoms with E-state index in [1.165, 1.54) is 11.1 Å². The molecule has 0 N–H and O–H groups in total. The maximum Gasteiger partial charge on any atom is 0.344 e. The Kier molecular flexibility index (Phi) is 5.56. The van der Waals surface area contributed by atoms with Gasteiger partial charge in [-0.05, 0) is 67.6 Å². The fraction of sp³-hybridized carbons (Fsp3) is 0.333. The first kappa shape index (κ1) is 18.0. The van der Waals surface area contributed by atoms with Crippen molar-refractivity contribution in [2.24, 2.45) is 0 Å². The second-order valence-corrected chi connectivity index (χ2v) is 6.30. The van der Waals surface area contributed by atoms with Crippen molar-refractivity contribution < 1.29 is 23.8 Å². The van der Waals surface area contributed by atoms with Crippen molar-refractivity contribution in [2.75, 3.05) is 13.7 Å². The molecule has 136 valence electrons. The van der Waals surface area contributed by atoms with Crippen LogP contribution in [-0.4, -0.2) is 31.6 Å². The van der Waals surface area contributed by atoms with E-state index in [1.807, 2.05) is 18.2 Å². The molecule has 2 aromatic carbocycles. The average Bonchev–Trinajstić information content (AvgIpc) is 3.13. The number of esters is 1. The third-order valence-corrected chi connectivity index (χ3v) is 4.48. The predicted octanol–water partition coefficient (Wildman–Crippen LogP) is 3.38. The van der Waals surface area contributed by atoms with Crippen molar-refractivity contribution in [1.29, 1.82) is 0 Å². The minimum Gasteiger partial charge on any atom is -0.497 e. The van der Waals surface area contributed by atoms with E-state index in [9.17, 15) is 9.59 Å². The van der Waals surface area contributed by atoms with Gasteiger partial charge in [-0.2, -0.15) is 0 Å². The predicted molar refractivity (Wildman–Crippen MR) is 96.8 cm³/mol. The van der Waals surface area contributed by atoms with Gasteiger partial charge in [0.15, 0.2) is 12.7 Å². The summed E-state index contributed by atoms with van der Waals surface area (Å²) in [7, 11) is 1.58. The van der Waals surface area contributed by atoms with Crippen molar-refractivity contribution in [3.05, 3.63) is 59.2 Å². The zero-order valence-electron chi connectivity index (χ0n) is 15.0. The first-order valence-electron chi connectivity index (χ1n) is 8.69. The first-order valence-corrected chi connectivity index (χ1v) is 8.69. The van der Waals surface area contributed by atoms with Crippen LogP contribution in [0.15, 0.2) is 42.5 Å². The molecule has 0 amide bonds. The second kappa shape index (κ2) is 8.04. The highest BCUT2D eigenvalue weighted by Crippen LogP contribution is 2.23. The van der Waals surface area contributed by atoms with Crippen LogP contribution in [0.5, 0.6) is 11.5 Å². The fourth-order valence-electron chi connectivity index (χ4n) is 3.06. The van der Waals surface area contributed by atoms with Gasteiger partial charge in [0.2, 0.25) is 5.78 Å². The SMILES string of the molecule is COc1ccc(OCC(=O)O[C@H](C)C(=O)c2ccc3c(c2)CCC3)cc1. The van der Waals surface area contributed by atoms with E-state index < -0.39 is 12.1 Å². The zero-order valence-corrected chi connectivity index (χ0v) is 15.0. The van der Waals surface area contributed by atoms with Crippen LogP contribution in [-0.2, 0) is 22.4 Å². The van der Waals surface area contributed by atoms with Gasteiger partial charge >= 0.3 is 5.97 Å². The van der Waals surface area contributed by atoms with E-state index >= 15 is 0 Å². The molecule has 0 aliphatic heterocycles. The lowest BCUT2D eigenvalue weighted by Crippen LogP contribution is -2.27. The van der Waals surface area contributed by atoms with Gasteiger partial charge in [-0.3, -0.25) is 4.79 Å². The smallest absolute Gasteiger partial charge is 0.344 e. The van der Waals surface area contributed by atoms with Crippen molar-refractivity contribution in [3.63, 3.8) is 0 Å². The van der Waals surface area contributed by atoms with Crippen molar-refractivity contribution in [1.82, 2.24) is 0 Å². The summed E-state index contributed by atoms with van der Waals surface area (Å²) < 4.78 is 15.6. The quantitative estimate of drug-likeness (QED) is 0.563.